The number of carbonyl (C=O) groups is 2. The van der Waals surface area contributed by atoms with E-state index in [9.17, 15) is 48.3 Å². The molecule has 119 heavy (non-hydrogen) atoms. The Morgan fingerprint density at radius 1 is 0.370 bits per heavy atom. The number of terminal acetylenes is 1. The molecule has 4 heterocycles. The van der Waals surface area contributed by atoms with Crippen molar-refractivity contribution in [3.63, 3.8) is 0 Å². The molecule has 556 valence electrons. The van der Waals surface area contributed by atoms with Gasteiger partial charge in [-0.05, 0) is 233 Å². The molecule has 4 saturated heterocycles. The number of nitro groups is 3. The number of sulfonamides is 1. The molecule has 4 aliphatic heterocycles. The fourth-order valence-electron chi connectivity index (χ4n) is 8.88. The average molecular weight is 1560 g/mol. The van der Waals surface area contributed by atoms with Crippen LogP contribution >= 0.6 is 0 Å². The minimum atomic E-state index is -3.97. The van der Waals surface area contributed by atoms with Gasteiger partial charge in [0.15, 0.2) is 0 Å². The van der Waals surface area contributed by atoms with E-state index >= 15 is 0 Å². The predicted molar refractivity (Wildman–Crippen MR) is 447 cm³/mol. The van der Waals surface area contributed by atoms with E-state index in [1.807, 2.05) is 0 Å². The summed E-state index contributed by atoms with van der Waals surface area (Å²) in [7, 11) is -3.97. The Balaban J connectivity index is 0.000000337. The van der Waals surface area contributed by atoms with Crippen molar-refractivity contribution < 1.29 is 42.3 Å². The lowest BCUT2D eigenvalue weighted by Crippen LogP contribution is -2.55. The fraction of sp³-hybridized carbons (Fsp3) is 0.152. The maximum atomic E-state index is 13.3. The van der Waals surface area contributed by atoms with Gasteiger partial charge in [-0.15, -0.1) is 18.3 Å². The van der Waals surface area contributed by atoms with Crippen molar-refractivity contribution in [1.29, 1.82) is 0 Å². The molecule has 3 aromatic carbocycles. The van der Waals surface area contributed by atoms with Gasteiger partial charge in [0.25, 0.3) is 28.9 Å². The quantitative estimate of drug-likeness (QED) is 0.146. The summed E-state index contributed by atoms with van der Waals surface area (Å²) in [4.78, 5) is 59.1. The third-order valence-corrected chi connectivity index (χ3v) is 15.8. The maximum absolute atomic E-state index is 13.3. The standard InChI is InChI=1S/C33H4.C32H4.C20H20N4O8S.C14H17N3O4/c1-3-5-7-9-11-13-15-17-19-21-23-25-27-29-31-33-32-30-28-26-24-22-20-18-16-14-12-10-8-6-4-2;1-3-5-7-9-11-13-15-17-19-21-23-25-27-29-31-32-30-28-26-24-22-20-18-16-14-12-10-8-6-4-2;25-19(15-1-3-16(4-2-15)23(26)27)21-11-9-20(10-12-21)22(13-14-32-20)33(30,31)18-7-5-17(6-8-18)24(28)29;18-13(11-1-3-12(4-2-11)17(19)20)16-8-5-14(6-9-16)15-7-10-21-14/h1H,2H3;1-2H2;1-8H,9-14H2;1-4,15H,5-10H2/q;-2;;. The molecular weight excluding hydrogens is 1510 g/mol. The number of nitrogens with zero attached hydrogens (tertiary/aromatic N) is 6. The highest BCUT2D eigenvalue weighted by atomic mass is 32.2. The number of carbonyl (C=O) groups excluding carboxylic acids is 2. The molecule has 0 radical (unpaired) electrons. The Morgan fingerprint density at radius 2 is 0.622 bits per heavy atom. The molecule has 1 N–H and O–H groups in total. The highest BCUT2D eigenvalue weighted by Gasteiger charge is 2.51. The maximum Gasteiger partial charge on any atom is 0.269 e. The molecule has 0 saturated carbocycles. The highest BCUT2D eigenvalue weighted by Crippen LogP contribution is 2.39. The van der Waals surface area contributed by atoms with Crippen LogP contribution in [0.5, 0.6) is 0 Å². The van der Waals surface area contributed by atoms with Gasteiger partial charge in [0.2, 0.25) is 10.0 Å². The van der Waals surface area contributed by atoms with Gasteiger partial charge >= 0.3 is 0 Å². The van der Waals surface area contributed by atoms with Crippen LogP contribution in [0.25, 0.3) is 0 Å². The lowest BCUT2D eigenvalue weighted by molar-refractivity contribution is -0.385. The number of benzene rings is 3. The first-order valence-corrected chi connectivity index (χ1v) is 34.8. The zero-order chi connectivity index (χ0) is 85.8. The van der Waals surface area contributed by atoms with Gasteiger partial charge < -0.3 is 19.3 Å². The van der Waals surface area contributed by atoms with Crippen LogP contribution in [0.3, 0.4) is 0 Å². The van der Waals surface area contributed by atoms with E-state index in [1.165, 1.54) is 65.0 Å². The Labute approximate surface area is 693 Å². The summed E-state index contributed by atoms with van der Waals surface area (Å²) in [5, 5.41) is 35.6. The molecule has 19 nitrogen and oxygen atoms in total. The van der Waals surface area contributed by atoms with E-state index in [0.29, 0.717) is 24.2 Å². The molecule has 2 spiro atoms. The lowest BCUT2D eigenvalue weighted by Gasteiger charge is -2.42. The van der Waals surface area contributed by atoms with Crippen LogP contribution in [-0.2, 0) is 19.5 Å². The average Bonchev–Trinajstić information content (AvgIpc) is 1.70. The lowest BCUT2D eigenvalue weighted by atomic mass is 10.00. The number of nitro benzene ring substituents is 3. The van der Waals surface area contributed by atoms with Crippen LogP contribution < -0.4 is 5.32 Å². The summed E-state index contributed by atoms with van der Waals surface area (Å²) in [5.41, 5.74) is -0.905. The van der Waals surface area contributed by atoms with Gasteiger partial charge in [0.05, 0.1) is 32.9 Å². The molecule has 4 fully saturated rings. The molecule has 0 aromatic heterocycles. The topological polar surface area (TPSA) is 238 Å². The zero-order valence-corrected chi connectivity index (χ0v) is 63.2. The highest BCUT2D eigenvalue weighted by molar-refractivity contribution is 7.89. The van der Waals surface area contributed by atoms with Crippen LogP contribution in [0.15, 0.2) is 77.7 Å². The van der Waals surface area contributed by atoms with Gasteiger partial charge in [0, 0.05) is 243 Å². The second-order valence-corrected chi connectivity index (χ2v) is 22.8. The van der Waals surface area contributed by atoms with Crippen LogP contribution in [0.4, 0.5) is 17.1 Å². The molecule has 3 aromatic rings. The first-order chi connectivity index (χ1) is 58.1. The number of hydrogen-bond acceptors (Lipinski definition) is 13. The Kier molecular flexibility index (Phi) is 44.0. The van der Waals surface area contributed by atoms with Crippen molar-refractivity contribution in [3.8, 4) is 368 Å². The number of rotatable bonds is 7. The SMILES string of the molecule is C#CC#CC#CC#CC#CC#CC#CC#CC#CC#CC#CC#CC#CC#CC#CC#CC.O=C(c1ccc([N+](=O)[O-])cc1)N1CCC2(CC1)NCCO2.O=C(c1ccc([N+](=O)[O-])cc1)N1CCC2(CC1)OCCN2S(=O)(=O)c1ccc([N+](=O)[O-])cc1.[CH2-]C#CC#CC#CC#CC#CC#CC#CC#CC#CC#CC#CC#CC#CC#CC#C[CH2-]. The predicted octanol–water partition coefficient (Wildman–Crippen LogP) is 4.70. The molecule has 7 rings (SSSR count). The summed E-state index contributed by atoms with van der Waals surface area (Å²) in [6, 6.07) is 15.7. The van der Waals surface area contributed by atoms with E-state index in [1.54, 1.807) is 16.7 Å². The van der Waals surface area contributed by atoms with Crippen LogP contribution in [0.1, 0.15) is 53.3 Å². The van der Waals surface area contributed by atoms with Crippen molar-refractivity contribution in [2.45, 2.75) is 49.0 Å². The van der Waals surface area contributed by atoms with Gasteiger partial charge in [0.1, 0.15) is 11.4 Å². The van der Waals surface area contributed by atoms with Crippen molar-refractivity contribution >= 4 is 38.9 Å². The summed E-state index contributed by atoms with van der Waals surface area (Å²) in [6.07, 6.45) is 6.96. The summed E-state index contributed by atoms with van der Waals surface area (Å²) in [6.45, 7) is 11.9. The third kappa shape index (κ3) is 38.1. The molecule has 0 unspecified atom stereocenters. The molecular formula is C99H45N7O12S-2. The number of non-ortho nitro benzene ring substituents is 3. The summed E-state index contributed by atoms with van der Waals surface area (Å²) >= 11 is 0. The largest absolute Gasteiger partial charge is 0.359 e. The van der Waals surface area contributed by atoms with E-state index < -0.39 is 30.5 Å². The minimum Gasteiger partial charge on any atom is -0.359 e. The van der Waals surface area contributed by atoms with Crippen LogP contribution in [-0.4, -0.2) is 113 Å². The normalized spacial score (nSPS) is 10.9. The smallest absolute Gasteiger partial charge is 0.269 e. The summed E-state index contributed by atoms with van der Waals surface area (Å²) < 4.78 is 39.4. The first kappa shape index (κ1) is 92.1. The number of ether oxygens (including phenoxy) is 2. The molecule has 4 aliphatic rings. The van der Waals surface area contributed by atoms with Crippen molar-refractivity contribution in [3.05, 3.63) is 128 Å². The number of likely N-dealkylation sites (tertiary alicyclic amines) is 2. The van der Waals surface area contributed by atoms with Crippen molar-refractivity contribution in [2.24, 2.45) is 0 Å². The van der Waals surface area contributed by atoms with Crippen molar-refractivity contribution in [1.82, 2.24) is 19.4 Å². The van der Waals surface area contributed by atoms with Gasteiger partial charge in [-0.2, -0.15) is 18.2 Å². The first-order valence-electron chi connectivity index (χ1n) is 33.4. The molecule has 2 amide bonds. The van der Waals surface area contributed by atoms with E-state index in [2.05, 4.69) is 380 Å². The fourth-order valence-corrected chi connectivity index (χ4v) is 10.6. The molecule has 20 heteroatoms. The molecule has 0 aliphatic carbocycles. The third-order valence-electron chi connectivity index (χ3n) is 13.8. The second-order valence-electron chi connectivity index (χ2n) is 21.0. The van der Waals surface area contributed by atoms with E-state index in [0.717, 1.165) is 38.1 Å². The van der Waals surface area contributed by atoms with Gasteiger partial charge in [-0.25, -0.2) is 20.3 Å². The zero-order valence-electron chi connectivity index (χ0n) is 62.4. The number of hydrogen-bond donors (Lipinski definition) is 1. The van der Waals surface area contributed by atoms with Crippen LogP contribution in [0, 0.1) is 412 Å². The Hall–Kier alpha value is -19.3. The van der Waals surface area contributed by atoms with E-state index in [-0.39, 0.29) is 78.6 Å². The molecule has 0 bridgehead atoms. The minimum absolute atomic E-state index is 0.00676. The van der Waals surface area contributed by atoms with Gasteiger partial charge in [-0.3, -0.25) is 57.1 Å². The number of nitrogens with one attached hydrogen (secondary N) is 1. The van der Waals surface area contributed by atoms with Gasteiger partial charge in [-0.1, -0.05) is 5.92 Å². The monoisotopic (exact) mass is 1560 g/mol. The van der Waals surface area contributed by atoms with E-state index in [4.69, 9.17) is 15.9 Å². The Bertz CT molecular complexity index is 6720. The Morgan fingerprint density at radius 3 is 0.866 bits per heavy atom. The summed E-state index contributed by atoms with van der Waals surface area (Å²) in [5.74, 6) is 151. The number of amides is 2. The second kappa shape index (κ2) is 56.9. The van der Waals surface area contributed by atoms with Crippen LogP contribution in [0.2, 0.25) is 0 Å². The van der Waals surface area contributed by atoms with Crippen molar-refractivity contribution in [2.75, 3.05) is 52.5 Å². The number of piperidine rings is 2. The molecule has 0 atom stereocenters.